The number of methoxy groups -OCH3 is 1. The predicted molar refractivity (Wildman–Crippen MR) is 99.3 cm³/mol. The van der Waals surface area contributed by atoms with Gasteiger partial charge in [-0.3, -0.25) is 14.5 Å². The lowest BCUT2D eigenvalue weighted by Crippen LogP contribution is -2.46. The third kappa shape index (κ3) is 3.19. The molecule has 2 aliphatic heterocycles. The number of fused-ring (bicyclic) bond motifs is 1. The predicted octanol–water partition coefficient (Wildman–Crippen LogP) is 2.17. The molecule has 28 heavy (non-hydrogen) atoms. The molecule has 2 amide bonds. The van der Waals surface area contributed by atoms with Crippen LogP contribution in [0.4, 0.5) is 0 Å². The first-order valence-corrected chi connectivity index (χ1v) is 9.10. The van der Waals surface area contributed by atoms with Gasteiger partial charge in [0.25, 0.3) is 0 Å². The first-order valence-electron chi connectivity index (χ1n) is 9.10. The Kier molecular flexibility index (Phi) is 4.73. The summed E-state index contributed by atoms with van der Waals surface area (Å²) in [5, 5.41) is 2.87. The zero-order chi connectivity index (χ0) is 19.7. The fourth-order valence-electron chi connectivity index (χ4n) is 3.64. The summed E-state index contributed by atoms with van der Waals surface area (Å²) >= 11 is 0. The second-order valence-corrected chi connectivity index (χ2v) is 6.77. The second-order valence-electron chi connectivity index (χ2n) is 6.77. The standard InChI is InChI=1S/C21H20N2O5/c1-27-14-8-6-13(7-9-14)12-22-19(25)17-10-11-18(24)23(17)20-15-4-2-3-5-16(15)21(26)28-20/h2-9,17,20H,10-12H2,1H3,(H,22,25)/t17-,20+/m0/s1. The lowest BCUT2D eigenvalue weighted by Gasteiger charge is -2.29. The number of benzene rings is 2. The first-order chi connectivity index (χ1) is 13.6. The number of hydrogen-bond acceptors (Lipinski definition) is 5. The molecule has 1 fully saturated rings. The van der Waals surface area contributed by atoms with Crippen LogP contribution in [0.1, 0.15) is 40.6 Å². The molecular formula is C21H20N2O5. The van der Waals surface area contributed by atoms with E-state index in [-0.39, 0.29) is 18.2 Å². The summed E-state index contributed by atoms with van der Waals surface area (Å²) in [5.74, 6) is -0.191. The Bertz CT molecular complexity index is 925. The number of rotatable bonds is 5. The maximum absolute atomic E-state index is 12.8. The van der Waals surface area contributed by atoms with E-state index >= 15 is 0 Å². The van der Waals surface area contributed by atoms with Gasteiger partial charge in [0.2, 0.25) is 18.0 Å². The minimum Gasteiger partial charge on any atom is -0.497 e. The molecule has 1 N–H and O–H groups in total. The van der Waals surface area contributed by atoms with Crippen LogP contribution in [0.15, 0.2) is 48.5 Å². The Balaban J connectivity index is 1.48. The van der Waals surface area contributed by atoms with Crippen molar-refractivity contribution in [1.82, 2.24) is 10.2 Å². The molecule has 0 unspecified atom stereocenters. The fourth-order valence-corrected chi connectivity index (χ4v) is 3.64. The first kappa shape index (κ1) is 18.0. The summed E-state index contributed by atoms with van der Waals surface area (Å²) in [7, 11) is 1.59. The Hall–Kier alpha value is -3.35. The Morgan fingerprint density at radius 2 is 1.93 bits per heavy atom. The van der Waals surface area contributed by atoms with Crippen molar-refractivity contribution in [3.8, 4) is 5.75 Å². The highest BCUT2D eigenvalue weighted by molar-refractivity contribution is 5.96. The van der Waals surface area contributed by atoms with Gasteiger partial charge in [0.1, 0.15) is 11.8 Å². The van der Waals surface area contributed by atoms with Gasteiger partial charge in [0.15, 0.2) is 0 Å². The van der Waals surface area contributed by atoms with E-state index in [2.05, 4.69) is 5.32 Å². The highest BCUT2D eigenvalue weighted by Crippen LogP contribution is 2.38. The van der Waals surface area contributed by atoms with Gasteiger partial charge in [-0.05, 0) is 30.2 Å². The maximum Gasteiger partial charge on any atom is 0.340 e. The molecule has 0 bridgehead atoms. The molecule has 144 valence electrons. The van der Waals surface area contributed by atoms with E-state index in [1.54, 1.807) is 31.4 Å². The van der Waals surface area contributed by atoms with E-state index in [0.29, 0.717) is 24.1 Å². The average molecular weight is 380 g/mol. The molecule has 2 atom stereocenters. The molecule has 0 spiro atoms. The highest BCUT2D eigenvalue weighted by Gasteiger charge is 2.46. The Morgan fingerprint density at radius 1 is 1.18 bits per heavy atom. The number of nitrogens with one attached hydrogen (secondary N) is 1. The number of ether oxygens (including phenoxy) is 2. The van der Waals surface area contributed by atoms with Crippen molar-refractivity contribution < 1.29 is 23.9 Å². The van der Waals surface area contributed by atoms with E-state index in [9.17, 15) is 14.4 Å². The van der Waals surface area contributed by atoms with Crippen LogP contribution < -0.4 is 10.1 Å². The van der Waals surface area contributed by atoms with Crippen LogP contribution in [0.3, 0.4) is 0 Å². The molecule has 0 saturated carbocycles. The molecular weight excluding hydrogens is 360 g/mol. The van der Waals surface area contributed by atoms with Crippen LogP contribution in [-0.2, 0) is 20.9 Å². The fraction of sp³-hybridized carbons (Fsp3) is 0.286. The van der Waals surface area contributed by atoms with E-state index in [1.165, 1.54) is 4.90 Å². The molecule has 0 radical (unpaired) electrons. The molecule has 2 aliphatic rings. The maximum atomic E-state index is 12.8. The highest BCUT2D eigenvalue weighted by atomic mass is 16.6. The summed E-state index contributed by atoms with van der Waals surface area (Å²) < 4.78 is 10.6. The van der Waals surface area contributed by atoms with Crippen LogP contribution in [0, 0.1) is 0 Å². The van der Waals surface area contributed by atoms with Gasteiger partial charge in [-0.1, -0.05) is 30.3 Å². The van der Waals surface area contributed by atoms with Crippen molar-refractivity contribution in [2.75, 3.05) is 7.11 Å². The van der Waals surface area contributed by atoms with Gasteiger partial charge in [-0.15, -0.1) is 0 Å². The van der Waals surface area contributed by atoms with Crippen molar-refractivity contribution >= 4 is 17.8 Å². The van der Waals surface area contributed by atoms with Gasteiger partial charge in [-0.25, -0.2) is 4.79 Å². The van der Waals surface area contributed by atoms with Crippen LogP contribution in [0.25, 0.3) is 0 Å². The normalized spacial score (nSPS) is 20.7. The molecule has 7 heteroatoms. The molecule has 0 aliphatic carbocycles. The number of hydrogen-bond donors (Lipinski definition) is 1. The van der Waals surface area contributed by atoms with Gasteiger partial charge < -0.3 is 14.8 Å². The SMILES string of the molecule is COc1ccc(CNC(=O)[C@@H]2CCC(=O)N2[C@@H]2OC(=O)c3ccccc32)cc1. The van der Waals surface area contributed by atoms with Crippen molar-refractivity contribution in [1.29, 1.82) is 0 Å². The van der Waals surface area contributed by atoms with Gasteiger partial charge in [0.05, 0.1) is 12.7 Å². The molecule has 1 saturated heterocycles. The van der Waals surface area contributed by atoms with Crippen LogP contribution in [0.5, 0.6) is 5.75 Å². The summed E-state index contributed by atoms with van der Waals surface area (Å²) in [5.41, 5.74) is 1.97. The molecule has 7 nitrogen and oxygen atoms in total. The van der Waals surface area contributed by atoms with Gasteiger partial charge in [0, 0.05) is 18.5 Å². The quantitative estimate of drug-likeness (QED) is 0.804. The topological polar surface area (TPSA) is 84.9 Å². The molecule has 2 aromatic rings. The van der Waals surface area contributed by atoms with Crippen LogP contribution >= 0.6 is 0 Å². The molecule has 4 rings (SSSR count). The summed E-state index contributed by atoms with van der Waals surface area (Å²) in [6, 6.07) is 13.6. The molecule has 2 heterocycles. The number of carbonyl (C=O) groups is 3. The van der Waals surface area contributed by atoms with Crippen molar-refractivity contribution in [3.63, 3.8) is 0 Å². The number of carbonyl (C=O) groups excluding carboxylic acids is 3. The number of amides is 2. The van der Waals surface area contributed by atoms with E-state index in [4.69, 9.17) is 9.47 Å². The second kappa shape index (κ2) is 7.34. The lowest BCUT2D eigenvalue weighted by molar-refractivity contribution is -0.145. The number of cyclic esters (lactones) is 1. The molecule has 0 aromatic heterocycles. The lowest BCUT2D eigenvalue weighted by atomic mass is 10.1. The van der Waals surface area contributed by atoms with E-state index < -0.39 is 18.2 Å². The number of nitrogens with zero attached hydrogens (tertiary/aromatic N) is 1. The zero-order valence-corrected chi connectivity index (χ0v) is 15.4. The van der Waals surface area contributed by atoms with E-state index in [0.717, 1.165) is 11.3 Å². The Morgan fingerprint density at radius 3 is 2.68 bits per heavy atom. The largest absolute Gasteiger partial charge is 0.497 e. The van der Waals surface area contributed by atoms with Gasteiger partial charge >= 0.3 is 5.97 Å². The zero-order valence-electron chi connectivity index (χ0n) is 15.4. The summed E-state index contributed by atoms with van der Waals surface area (Å²) in [4.78, 5) is 38.8. The molecule has 2 aromatic carbocycles. The van der Waals surface area contributed by atoms with Crippen LogP contribution in [-0.4, -0.2) is 35.8 Å². The Labute approximate surface area is 162 Å². The number of likely N-dealkylation sites (tertiary alicyclic amines) is 1. The smallest absolute Gasteiger partial charge is 0.340 e. The summed E-state index contributed by atoms with van der Waals surface area (Å²) in [6.45, 7) is 0.336. The van der Waals surface area contributed by atoms with Crippen molar-refractivity contribution in [2.45, 2.75) is 31.7 Å². The third-order valence-corrected chi connectivity index (χ3v) is 5.10. The minimum atomic E-state index is -0.851. The van der Waals surface area contributed by atoms with Gasteiger partial charge in [-0.2, -0.15) is 0 Å². The number of esters is 1. The average Bonchev–Trinajstić information content (AvgIpc) is 3.26. The monoisotopic (exact) mass is 380 g/mol. The third-order valence-electron chi connectivity index (χ3n) is 5.10. The van der Waals surface area contributed by atoms with Crippen molar-refractivity contribution in [2.24, 2.45) is 0 Å². The minimum absolute atomic E-state index is 0.195. The van der Waals surface area contributed by atoms with E-state index in [1.807, 2.05) is 24.3 Å². The summed E-state index contributed by atoms with van der Waals surface area (Å²) in [6.07, 6.45) is -0.212. The van der Waals surface area contributed by atoms with Crippen LogP contribution in [0.2, 0.25) is 0 Å². The van der Waals surface area contributed by atoms with Crippen molar-refractivity contribution in [3.05, 3.63) is 65.2 Å².